The van der Waals surface area contributed by atoms with E-state index in [0.717, 1.165) is 18.0 Å². The first-order valence-electron chi connectivity index (χ1n) is 7.33. The van der Waals surface area contributed by atoms with Crippen LogP contribution in [-0.4, -0.2) is 37.9 Å². The van der Waals surface area contributed by atoms with Crippen molar-refractivity contribution in [2.45, 2.75) is 25.9 Å². The number of thiophene rings is 1. The summed E-state index contributed by atoms with van der Waals surface area (Å²) in [6, 6.07) is 4.57. The molecule has 0 bridgehead atoms. The first kappa shape index (κ1) is 13.7. The molecule has 0 aromatic carbocycles. The van der Waals surface area contributed by atoms with Gasteiger partial charge in [-0.3, -0.25) is 9.58 Å². The number of hydrogen-bond acceptors (Lipinski definition) is 6. The average molecular weight is 315 g/mol. The van der Waals surface area contributed by atoms with E-state index in [1.165, 1.54) is 5.56 Å². The molecule has 1 saturated heterocycles. The van der Waals surface area contributed by atoms with Crippen LogP contribution in [0, 0.1) is 6.92 Å². The lowest BCUT2D eigenvalue weighted by atomic mass is 10.1. The second-order valence-electron chi connectivity index (χ2n) is 5.71. The van der Waals surface area contributed by atoms with Crippen LogP contribution in [0.25, 0.3) is 10.7 Å². The lowest BCUT2D eigenvalue weighted by molar-refractivity contribution is 0.0456. The van der Waals surface area contributed by atoms with Gasteiger partial charge in [-0.2, -0.15) is 10.1 Å². The molecule has 4 rings (SSSR count). The van der Waals surface area contributed by atoms with Crippen molar-refractivity contribution in [3.05, 3.63) is 41.4 Å². The van der Waals surface area contributed by atoms with Crippen LogP contribution in [0.5, 0.6) is 0 Å². The van der Waals surface area contributed by atoms with Crippen LogP contribution in [-0.2, 0) is 0 Å². The van der Waals surface area contributed by atoms with Gasteiger partial charge in [0, 0.05) is 19.3 Å². The number of aromatic nitrogens is 4. The minimum atomic E-state index is 0.133. The number of hydrogen-bond donors (Lipinski definition) is 0. The summed E-state index contributed by atoms with van der Waals surface area (Å²) in [5.41, 5.74) is 1.20. The molecule has 0 N–H and O–H groups in total. The van der Waals surface area contributed by atoms with Crippen molar-refractivity contribution in [1.29, 1.82) is 0 Å². The Balaban J connectivity index is 1.42. The maximum absolute atomic E-state index is 5.43. The highest BCUT2D eigenvalue weighted by Crippen LogP contribution is 2.31. The Hall–Kier alpha value is -1.99. The van der Waals surface area contributed by atoms with E-state index < -0.39 is 0 Å². The molecule has 1 unspecified atom stereocenters. The Bertz CT molecular complexity index is 757. The zero-order valence-electron chi connectivity index (χ0n) is 12.5. The molecule has 22 heavy (non-hydrogen) atoms. The van der Waals surface area contributed by atoms with Gasteiger partial charge < -0.3 is 4.52 Å². The summed E-state index contributed by atoms with van der Waals surface area (Å²) in [6.07, 6.45) is 3.99. The van der Waals surface area contributed by atoms with E-state index in [2.05, 4.69) is 40.2 Å². The first-order valence-corrected chi connectivity index (χ1v) is 8.21. The fourth-order valence-corrected chi connectivity index (χ4v) is 3.32. The van der Waals surface area contributed by atoms with E-state index in [9.17, 15) is 0 Å². The van der Waals surface area contributed by atoms with Crippen molar-refractivity contribution in [3.8, 4) is 10.7 Å². The minimum Gasteiger partial charge on any atom is -0.337 e. The summed E-state index contributed by atoms with van der Waals surface area (Å²) in [5.74, 6) is 1.36. The van der Waals surface area contributed by atoms with Gasteiger partial charge in [0.05, 0.1) is 23.2 Å². The van der Waals surface area contributed by atoms with Crippen LogP contribution < -0.4 is 0 Å². The Labute approximate surface area is 132 Å². The maximum Gasteiger partial charge on any atom is 0.244 e. The molecule has 0 amide bonds. The third-order valence-corrected chi connectivity index (χ3v) is 4.95. The lowest BCUT2D eigenvalue weighted by Crippen LogP contribution is -2.48. The first-order chi connectivity index (χ1) is 10.7. The van der Waals surface area contributed by atoms with E-state index in [-0.39, 0.29) is 6.04 Å². The Morgan fingerprint density at radius 2 is 2.27 bits per heavy atom. The van der Waals surface area contributed by atoms with Gasteiger partial charge in [-0.25, -0.2) is 0 Å². The molecule has 6 nitrogen and oxygen atoms in total. The van der Waals surface area contributed by atoms with Gasteiger partial charge >= 0.3 is 0 Å². The van der Waals surface area contributed by atoms with Crippen LogP contribution >= 0.6 is 11.3 Å². The Morgan fingerprint density at radius 3 is 2.95 bits per heavy atom. The van der Waals surface area contributed by atoms with Crippen LogP contribution in [0.4, 0.5) is 0 Å². The van der Waals surface area contributed by atoms with Crippen LogP contribution in [0.1, 0.15) is 30.5 Å². The van der Waals surface area contributed by atoms with E-state index in [1.807, 2.05) is 28.4 Å². The molecular formula is C15H17N5OS. The molecule has 0 saturated carbocycles. The molecule has 0 aliphatic carbocycles. The van der Waals surface area contributed by atoms with Gasteiger partial charge in [-0.05, 0) is 30.9 Å². The number of rotatable bonds is 4. The van der Waals surface area contributed by atoms with Gasteiger partial charge in [-0.1, -0.05) is 11.2 Å². The summed E-state index contributed by atoms with van der Waals surface area (Å²) in [5, 5.41) is 10.5. The summed E-state index contributed by atoms with van der Waals surface area (Å²) in [4.78, 5) is 7.89. The predicted octanol–water partition coefficient (Wildman–Crippen LogP) is 2.92. The van der Waals surface area contributed by atoms with Gasteiger partial charge in [0.15, 0.2) is 0 Å². The normalized spacial score (nSPS) is 17.5. The lowest BCUT2D eigenvalue weighted by Gasteiger charge is -2.41. The van der Waals surface area contributed by atoms with Crippen molar-refractivity contribution >= 4 is 11.3 Å². The van der Waals surface area contributed by atoms with E-state index in [4.69, 9.17) is 4.52 Å². The summed E-state index contributed by atoms with van der Waals surface area (Å²) in [6.45, 7) is 6.08. The van der Waals surface area contributed by atoms with E-state index >= 15 is 0 Å². The van der Waals surface area contributed by atoms with Gasteiger partial charge in [-0.15, -0.1) is 11.3 Å². The molecule has 0 spiro atoms. The van der Waals surface area contributed by atoms with Gasteiger partial charge in [0.1, 0.15) is 0 Å². The Morgan fingerprint density at radius 1 is 1.41 bits per heavy atom. The number of likely N-dealkylation sites (tertiary alicyclic amines) is 1. The monoisotopic (exact) mass is 315 g/mol. The smallest absolute Gasteiger partial charge is 0.244 e. The van der Waals surface area contributed by atoms with E-state index in [1.54, 1.807) is 11.3 Å². The molecular weight excluding hydrogens is 298 g/mol. The zero-order valence-corrected chi connectivity index (χ0v) is 13.3. The third-order valence-electron chi connectivity index (χ3n) is 4.08. The molecule has 3 aromatic heterocycles. The molecule has 7 heteroatoms. The van der Waals surface area contributed by atoms with E-state index in [0.29, 0.717) is 17.8 Å². The largest absolute Gasteiger partial charge is 0.337 e. The van der Waals surface area contributed by atoms with Crippen LogP contribution in [0.2, 0.25) is 0 Å². The SMILES string of the molecule is Cc1cnn(C2CN(C(C)c3nc(-c4cccs4)no3)C2)c1. The molecule has 1 fully saturated rings. The topological polar surface area (TPSA) is 60.0 Å². The second kappa shape index (κ2) is 5.33. The molecule has 3 aromatic rings. The summed E-state index contributed by atoms with van der Waals surface area (Å²) < 4.78 is 7.48. The molecule has 4 heterocycles. The number of aryl methyl sites for hydroxylation is 1. The van der Waals surface area contributed by atoms with Gasteiger partial charge in [0.25, 0.3) is 0 Å². The molecule has 1 atom stereocenters. The zero-order chi connectivity index (χ0) is 15.1. The minimum absolute atomic E-state index is 0.133. The van der Waals surface area contributed by atoms with Crippen LogP contribution in [0.3, 0.4) is 0 Å². The van der Waals surface area contributed by atoms with Crippen LogP contribution in [0.15, 0.2) is 34.4 Å². The average Bonchev–Trinajstić information content (AvgIpc) is 3.17. The highest BCUT2D eigenvalue weighted by atomic mass is 32.1. The van der Waals surface area contributed by atoms with Crippen molar-refractivity contribution in [1.82, 2.24) is 24.8 Å². The van der Waals surface area contributed by atoms with Gasteiger partial charge in [0.2, 0.25) is 11.7 Å². The second-order valence-corrected chi connectivity index (χ2v) is 6.66. The quantitative estimate of drug-likeness (QED) is 0.741. The predicted molar refractivity (Wildman–Crippen MR) is 83.6 cm³/mol. The third kappa shape index (κ3) is 2.36. The fourth-order valence-electron chi connectivity index (χ4n) is 2.67. The fraction of sp³-hybridized carbons (Fsp3) is 0.400. The van der Waals surface area contributed by atoms with Crippen molar-refractivity contribution in [2.75, 3.05) is 13.1 Å². The Kier molecular flexibility index (Phi) is 3.31. The standard InChI is InChI=1S/C15H17N5OS/c1-10-6-16-20(7-10)12-8-19(9-12)11(2)15-17-14(18-21-15)13-4-3-5-22-13/h3-7,11-12H,8-9H2,1-2H3. The highest BCUT2D eigenvalue weighted by Gasteiger charge is 2.34. The van der Waals surface area contributed by atoms with Crippen molar-refractivity contribution < 1.29 is 4.52 Å². The highest BCUT2D eigenvalue weighted by molar-refractivity contribution is 7.13. The van der Waals surface area contributed by atoms with Crippen molar-refractivity contribution in [2.24, 2.45) is 0 Å². The molecule has 114 valence electrons. The summed E-state index contributed by atoms with van der Waals surface area (Å²) >= 11 is 1.62. The molecule has 1 aliphatic rings. The molecule has 0 radical (unpaired) electrons. The number of nitrogens with zero attached hydrogens (tertiary/aromatic N) is 5. The van der Waals surface area contributed by atoms with Crippen molar-refractivity contribution in [3.63, 3.8) is 0 Å². The molecule has 1 aliphatic heterocycles. The maximum atomic E-state index is 5.43. The summed E-state index contributed by atoms with van der Waals surface area (Å²) in [7, 11) is 0.